The molecule has 6 nitrogen and oxygen atoms in total. The number of fused-ring (bicyclic) bond motifs is 1. The molecule has 0 atom stereocenters. The molecule has 0 bridgehead atoms. The van der Waals surface area contributed by atoms with Gasteiger partial charge in [0.25, 0.3) is 0 Å². The predicted octanol–water partition coefficient (Wildman–Crippen LogP) is 3.64. The van der Waals surface area contributed by atoms with Gasteiger partial charge in [0, 0.05) is 35.4 Å². The fraction of sp³-hybridized carbons (Fsp3) is 0.200. The van der Waals surface area contributed by atoms with Gasteiger partial charge in [-0.15, -0.1) is 0 Å². The van der Waals surface area contributed by atoms with Gasteiger partial charge in [-0.3, -0.25) is 9.59 Å². The Morgan fingerprint density at radius 1 is 1.00 bits per heavy atom. The van der Waals surface area contributed by atoms with Crippen LogP contribution in [-0.4, -0.2) is 23.0 Å². The first-order valence-electron chi connectivity index (χ1n) is 8.44. The molecular formula is C20H21N3O3. The molecule has 1 aromatic heterocycles. The van der Waals surface area contributed by atoms with Crippen molar-refractivity contribution in [2.24, 2.45) is 0 Å². The minimum absolute atomic E-state index is 0.122. The number of amides is 2. The van der Waals surface area contributed by atoms with Gasteiger partial charge in [0.2, 0.25) is 11.8 Å². The highest BCUT2D eigenvalue weighted by molar-refractivity contribution is 5.93. The third kappa shape index (κ3) is 4.22. The number of anilines is 2. The van der Waals surface area contributed by atoms with Gasteiger partial charge in [-0.25, -0.2) is 0 Å². The fourth-order valence-electron chi connectivity index (χ4n) is 2.77. The maximum Gasteiger partial charge on any atom is 0.244 e. The Bertz CT molecular complexity index is 929. The molecule has 2 amide bonds. The first-order valence-corrected chi connectivity index (χ1v) is 8.44. The summed E-state index contributed by atoms with van der Waals surface area (Å²) in [6.07, 6.45) is 1.89. The molecule has 134 valence electrons. The lowest BCUT2D eigenvalue weighted by Gasteiger charge is -2.09. The predicted molar refractivity (Wildman–Crippen MR) is 102 cm³/mol. The summed E-state index contributed by atoms with van der Waals surface area (Å²) in [5.74, 6) is 0.568. The smallest absolute Gasteiger partial charge is 0.244 e. The van der Waals surface area contributed by atoms with Gasteiger partial charge in [-0.05, 0) is 55.5 Å². The monoisotopic (exact) mass is 351 g/mol. The number of nitrogens with one attached hydrogen (secondary N) is 2. The van der Waals surface area contributed by atoms with Gasteiger partial charge in [0.05, 0.1) is 6.61 Å². The highest BCUT2D eigenvalue weighted by atomic mass is 16.5. The first kappa shape index (κ1) is 17.5. The molecule has 0 aliphatic rings. The van der Waals surface area contributed by atoms with Crippen LogP contribution >= 0.6 is 0 Å². The van der Waals surface area contributed by atoms with Gasteiger partial charge < -0.3 is 19.9 Å². The third-order valence-corrected chi connectivity index (χ3v) is 3.86. The summed E-state index contributed by atoms with van der Waals surface area (Å²) in [6, 6.07) is 14.8. The molecule has 0 aliphatic heterocycles. The minimum atomic E-state index is -0.131. The minimum Gasteiger partial charge on any atom is -0.494 e. The van der Waals surface area contributed by atoms with Crippen molar-refractivity contribution >= 4 is 34.1 Å². The molecule has 0 saturated heterocycles. The second-order valence-corrected chi connectivity index (χ2v) is 5.90. The molecule has 2 aromatic carbocycles. The second-order valence-electron chi connectivity index (χ2n) is 5.90. The molecular weight excluding hydrogens is 330 g/mol. The molecule has 0 aliphatic carbocycles. The zero-order valence-electron chi connectivity index (χ0n) is 14.8. The van der Waals surface area contributed by atoms with E-state index in [1.807, 2.05) is 42.0 Å². The van der Waals surface area contributed by atoms with Crippen molar-refractivity contribution in [3.63, 3.8) is 0 Å². The lowest BCUT2D eigenvalue weighted by atomic mass is 10.2. The summed E-state index contributed by atoms with van der Waals surface area (Å²) in [5.41, 5.74) is 2.35. The molecule has 2 N–H and O–H groups in total. The average molecular weight is 351 g/mol. The van der Waals surface area contributed by atoms with E-state index in [0.717, 1.165) is 16.7 Å². The molecule has 0 spiro atoms. The molecule has 6 heteroatoms. The molecule has 0 fully saturated rings. The zero-order chi connectivity index (χ0) is 18.5. The highest BCUT2D eigenvalue weighted by Gasteiger charge is 2.08. The normalized spacial score (nSPS) is 10.5. The molecule has 26 heavy (non-hydrogen) atoms. The van der Waals surface area contributed by atoms with E-state index >= 15 is 0 Å². The zero-order valence-corrected chi connectivity index (χ0v) is 14.8. The number of aromatic nitrogens is 1. The Balaban J connectivity index is 1.66. The van der Waals surface area contributed by atoms with Crippen molar-refractivity contribution in [3.05, 3.63) is 54.7 Å². The van der Waals surface area contributed by atoms with Crippen LogP contribution in [0.25, 0.3) is 10.9 Å². The summed E-state index contributed by atoms with van der Waals surface area (Å²) in [6.45, 7) is 4.23. The standard InChI is InChI=1S/C20H21N3O3/c1-3-26-18-8-9-19-15(12-18)10-11-23(19)13-20(25)22-17-6-4-16(5-7-17)21-14(2)24/h4-12H,3,13H2,1-2H3,(H,21,24)(H,22,25). The van der Waals surface area contributed by atoms with Crippen LogP contribution in [0.1, 0.15) is 13.8 Å². The largest absolute Gasteiger partial charge is 0.494 e. The topological polar surface area (TPSA) is 72.4 Å². The number of hydrogen-bond donors (Lipinski definition) is 2. The molecule has 3 rings (SSSR count). The number of carbonyl (C=O) groups is 2. The van der Waals surface area contributed by atoms with E-state index in [1.165, 1.54) is 6.92 Å². The van der Waals surface area contributed by atoms with Gasteiger partial charge in [0.1, 0.15) is 12.3 Å². The summed E-state index contributed by atoms with van der Waals surface area (Å²) in [4.78, 5) is 23.4. The Hall–Kier alpha value is -3.28. The summed E-state index contributed by atoms with van der Waals surface area (Å²) in [5, 5.41) is 6.58. The quantitative estimate of drug-likeness (QED) is 0.712. The van der Waals surface area contributed by atoms with E-state index in [4.69, 9.17) is 4.74 Å². The number of ether oxygens (including phenoxy) is 1. The van der Waals surface area contributed by atoms with Crippen LogP contribution in [0, 0.1) is 0 Å². The maximum absolute atomic E-state index is 12.3. The molecule has 0 saturated carbocycles. The maximum atomic E-state index is 12.3. The molecule has 1 heterocycles. The highest BCUT2D eigenvalue weighted by Crippen LogP contribution is 2.22. The van der Waals surface area contributed by atoms with Gasteiger partial charge in [-0.2, -0.15) is 0 Å². The Morgan fingerprint density at radius 3 is 2.35 bits per heavy atom. The van der Waals surface area contributed by atoms with Crippen molar-refractivity contribution in [3.8, 4) is 5.75 Å². The van der Waals surface area contributed by atoms with Crippen LogP contribution in [-0.2, 0) is 16.1 Å². The molecule has 0 unspecified atom stereocenters. The number of carbonyl (C=O) groups excluding carboxylic acids is 2. The fourth-order valence-corrected chi connectivity index (χ4v) is 2.77. The van der Waals surface area contributed by atoms with Crippen LogP contribution in [0.2, 0.25) is 0 Å². The van der Waals surface area contributed by atoms with Crippen LogP contribution < -0.4 is 15.4 Å². The number of rotatable bonds is 6. The van der Waals surface area contributed by atoms with Crippen LogP contribution in [0.5, 0.6) is 5.75 Å². The van der Waals surface area contributed by atoms with E-state index < -0.39 is 0 Å². The average Bonchev–Trinajstić information content (AvgIpc) is 2.98. The van der Waals surface area contributed by atoms with E-state index in [2.05, 4.69) is 10.6 Å². The number of nitrogens with zero attached hydrogens (tertiary/aromatic N) is 1. The van der Waals surface area contributed by atoms with E-state index in [-0.39, 0.29) is 18.4 Å². The molecule has 3 aromatic rings. The third-order valence-electron chi connectivity index (χ3n) is 3.86. The van der Waals surface area contributed by atoms with Gasteiger partial charge >= 0.3 is 0 Å². The van der Waals surface area contributed by atoms with Crippen molar-refractivity contribution in [2.75, 3.05) is 17.2 Å². The Morgan fingerprint density at radius 2 is 1.69 bits per heavy atom. The summed E-state index contributed by atoms with van der Waals surface area (Å²) < 4.78 is 7.40. The summed E-state index contributed by atoms with van der Waals surface area (Å²) in [7, 11) is 0. The lowest BCUT2D eigenvalue weighted by molar-refractivity contribution is -0.116. The molecule has 0 radical (unpaired) electrons. The lowest BCUT2D eigenvalue weighted by Crippen LogP contribution is -2.18. The van der Waals surface area contributed by atoms with Gasteiger partial charge in [-0.1, -0.05) is 0 Å². The second kappa shape index (κ2) is 7.74. The van der Waals surface area contributed by atoms with E-state index in [9.17, 15) is 9.59 Å². The Labute approximate surface area is 151 Å². The van der Waals surface area contributed by atoms with Gasteiger partial charge in [0.15, 0.2) is 0 Å². The van der Waals surface area contributed by atoms with Crippen LogP contribution in [0.4, 0.5) is 11.4 Å². The first-order chi connectivity index (χ1) is 12.5. The number of hydrogen-bond acceptors (Lipinski definition) is 3. The van der Waals surface area contributed by atoms with Crippen molar-refractivity contribution in [1.82, 2.24) is 4.57 Å². The summed E-state index contributed by atoms with van der Waals surface area (Å²) >= 11 is 0. The van der Waals surface area contributed by atoms with Crippen LogP contribution in [0.15, 0.2) is 54.7 Å². The van der Waals surface area contributed by atoms with Crippen LogP contribution in [0.3, 0.4) is 0 Å². The number of benzene rings is 2. The Kier molecular flexibility index (Phi) is 5.22. The SMILES string of the molecule is CCOc1ccc2c(ccn2CC(=O)Nc2ccc(NC(C)=O)cc2)c1. The van der Waals surface area contributed by atoms with E-state index in [1.54, 1.807) is 24.3 Å². The van der Waals surface area contributed by atoms with E-state index in [0.29, 0.717) is 18.0 Å². The van der Waals surface area contributed by atoms with Crippen molar-refractivity contribution in [1.29, 1.82) is 0 Å². The van der Waals surface area contributed by atoms with Crippen molar-refractivity contribution in [2.45, 2.75) is 20.4 Å². The van der Waals surface area contributed by atoms with Crippen molar-refractivity contribution < 1.29 is 14.3 Å².